The van der Waals surface area contributed by atoms with Crippen molar-refractivity contribution in [3.63, 3.8) is 0 Å². The first-order chi connectivity index (χ1) is 13.1. The number of aryl methyl sites for hydroxylation is 2. The van der Waals surface area contributed by atoms with E-state index in [2.05, 4.69) is 33.1 Å². The Bertz CT molecular complexity index is 743. The highest BCUT2D eigenvalue weighted by Crippen LogP contribution is 2.18. The zero-order valence-corrected chi connectivity index (χ0v) is 16.1. The maximum atomic E-state index is 12.2. The number of anilines is 1. The van der Waals surface area contributed by atoms with Crippen LogP contribution in [0.5, 0.6) is 5.75 Å². The third-order valence-corrected chi connectivity index (χ3v) is 4.73. The Balaban J connectivity index is 1.33. The van der Waals surface area contributed by atoms with Gasteiger partial charge in [0.2, 0.25) is 5.91 Å². The van der Waals surface area contributed by atoms with E-state index in [4.69, 9.17) is 4.74 Å². The molecular weight excluding hydrogens is 340 g/mol. The number of ether oxygens (including phenoxy) is 1. The molecule has 0 bridgehead atoms. The molecule has 2 aromatic rings. The van der Waals surface area contributed by atoms with Crippen molar-refractivity contribution in [1.29, 1.82) is 0 Å². The lowest BCUT2D eigenvalue weighted by molar-refractivity contribution is -0.122. The summed E-state index contributed by atoms with van der Waals surface area (Å²) in [6.07, 6.45) is 1.81. The molecule has 1 aliphatic heterocycles. The lowest BCUT2D eigenvalue weighted by Gasteiger charge is -2.34. The molecule has 2 heterocycles. The summed E-state index contributed by atoms with van der Waals surface area (Å²) in [6.45, 7) is 9.02. The highest BCUT2D eigenvalue weighted by Gasteiger charge is 2.19. The maximum Gasteiger partial charge on any atom is 0.234 e. The fourth-order valence-electron chi connectivity index (χ4n) is 3.25. The Labute approximate surface area is 161 Å². The Morgan fingerprint density at radius 2 is 1.96 bits per heavy atom. The lowest BCUT2D eigenvalue weighted by Crippen LogP contribution is -2.50. The van der Waals surface area contributed by atoms with Gasteiger partial charge in [0.1, 0.15) is 18.2 Å². The molecule has 0 radical (unpaired) electrons. The maximum absolute atomic E-state index is 12.2. The molecule has 6 heteroatoms. The molecule has 144 valence electrons. The predicted octanol–water partition coefficient (Wildman–Crippen LogP) is 2.02. The number of rotatable bonds is 7. The van der Waals surface area contributed by atoms with E-state index in [-0.39, 0.29) is 5.91 Å². The van der Waals surface area contributed by atoms with Gasteiger partial charge in [-0.2, -0.15) is 0 Å². The monoisotopic (exact) mass is 368 g/mol. The highest BCUT2D eigenvalue weighted by molar-refractivity contribution is 5.78. The van der Waals surface area contributed by atoms with Crippen molar-refractivity contribution in [2.75, 3.05) is 50.8 Å². The van der Waals surface area contributed by atoms with E-state index in [1.165, 1.54) is 5.56 Å². The van der Waals surface area contributed by atoms with Crippen molar-refractivity contribution in [3.8, 4) is 5.75 Å². The standard InChI is InChI=1S/C21H28N4O2/c1-17-6-7-19(18(2)15-17)27-14-9-23-21(26)16-24-10-12-25(13-11-24)20-5-3-4-8-22-20/h3-8,15H,9-14,16H2,1-2H3,(H,23,26). The Kier molecular flexibility index (Phi) is 6.65. The summed E-state index contributed by atoms with van der Waals surface area (Å²) < 4.78 is 5.75. The van der Waals surface area contributed by atoms with Crippen LogP contribution in [-0.4, -0.2) is 61.7 Å². The molecule has 1 aliphatic rings. The number of piperazine rings is 1. The second-order valence-corrected chi connectivity index (χ2v) is 6.92. The Hall–Kier alpha value is -2.60. The SMILES string of the molecule is Cc1ccc(OCCNC(=O)CN2CCN(c3ccccn3)CC2)c(C)c1. The molecule has 1 fully saturated rings. The largest absolute Gasteiger partial charge is 0.491 e. The van der Waals surface area contributed by atoms with Gasteiger partial charge in [0.25, 0.3) is 0 Å². The van der Waals surface area contributed by atoms with Crippen molar-refractivity contribution in [1.82, 2.24) is 15.2 Å². The van der Waals surface area contributed by atoms with Gasteiger partial charge in [-0.15, -0.1) is 0 Å². The van der Waals surface area contributed by atoms with E-state index in [9.17, 15) is 4.79 Å². The van der Waals surface area contributed by atoms with Crippen LogP contribution in [0, 0.1) is 13.8 Å². The van der Waals surface area contributed by atoms with Crippen LogP contribution in [-0.2, 0) is 4.79 Å². The van der Waals surface area contributed by atoms with Gasteiger partial charge in [-0.25, -0.2) is 4.98 Å². The minimum absolute atomic E-state index is 0.0468. The van der Waals surface area contributed by atoms with Crippen molar-refractivity contribution >= 4 is 11.7 Å². The van der Waals surface area contributed by atoms with Gasteiger partial charge in [0.15, 0.2) is 0 Å². The van der Waals surface area contributed by atoms with Crippen LogP contribution in [0.25, 0.3) is 0 Å². The number of nitrogens with one attached hydrogen (secondary N) is 1. The zero-order chi connectivity index (χ0) is 19.1. The summed E-state index contributed by atoms with van der Waals surface area (Å²) in [5.74, 6) is 1.93. The third kappa shape index (κ3) is 5.69. The summed E-state index contributed by atoms with van der Waals surface area (Å²) >= 11 is 0. The number of carbonyl (C=O) groups excluding carboxylic acids is 1. The molecule has 0 aliphatic carbocycles. The van der Waals surface area contributed by atoms with Crippen molar-refractivity contribution in [3.05, 3.63) is 53.7 Å². The van der Waals surface area contributed by atoms with Crippen LogP contribution in [0.3, 0.4) is 0 Å². The molecular formula is C21H28N4O2. The fourth-order valence-corrected chi connectivity index (χ4v) is 3.25. The zero-order valence-electron chi connectivity index (χ0n) is 16.1. The van der Waals surface area contributed by atoms with Crippen LogP contribution in [0.2, 0.25) is 0 Å². The second-order valence-electron chi connectivity index (χ2n) is 6.92. The minimum atomic E-state index is 0.0468. The summed E-state index contributed by atoms with van der Waals surface area (Å²) in [7, 11) is 0. The Morgan fingerprint density at radius 3 is 2.67 bits per heavy atom. The van der Waals surface area contributed by atoms with Gasteiger partial charge < -0.3 is 15.0 Å². The molecule has 1 aromatic heterocycles. The minimum Gasteiger partial charge on any atom is -0.491 e. The van der Waals surface area contributed by atoms with Crippen LogP contribution < -0.4 is 15.0 Å². The van der Waals surface area contributed by atoms with Gasteiger partial charge in [-0.1, -0.05) is 23.8 Å². The van der Waals surface area contributed by atoms with Crippen LogP contribution >= 0.6 is 0 Å². The number of hydrogen-bond donors (Lipinski definition) is 1. The number of carbonyl (C=O) groups is 1. The first-order valence-electron chi connectivity index (χ1n) is 9.47. The van der Waals surface area contributed by atoms with Crippen LogP contribution in [0.1, 0.15) is 11.1 Å². The van der Waals surface area contributed by atoms with E-state index >= 15 is 0 Å². The smallest absolute Gasteiger partial charge is 0.234 e. The summed E-state index contributed by atoms with van der Waals surface area (Å²) in [5.41, 5.74) is 2.34. The van der Waals surface area contributed by atoms with E-state index in [0.717, 1.165) is 43.3 Å². The number of aromatic nitrogens is 1. The van der Waals surface area contributed by atoms with E-state index in [0.29, 0.717) is 19.7 Å². The molecule has 1 aromatic carbocycles. The molecule has 1 amide bonds. The van der Waals surface area contributed by atoms with Crippen molar-refractivity contribution in [2.45, 2.75) is 13.8 Å². The third-order valence-electron chi connectivity index (χ3n) is 4.73. The molecule has 0 spiro atoms. The topological polar surface area (TPSA) is 57.7 Å². The number of amides is 1. The molecule has 6 nitrogen and oxygen atoms in total. The van der Waals surface area contributed by atoms with Gasteiger partial charge >= 0.3 is 0 Å². The van der Waals surface area contributed by atoms with Gasteiger partial charge in [0.05, 0.1) is 13.1 Å². The predicted molar refractivity (Wildman–Crippen MR) is 107 cm³/mol. The van der Waals surface area contributed by atoms with Crippen LogP contribution in [0.15, 0.2) is 42.6 Å². The van der Waals surface area contributed by atoms with Crippen molar-refractivity contribution in [2.24, 2.45) is 0 Å². The molecule has 3 rings (SSSR count). The van der Waals surface area contributed by atoms with Gasteiger partial charge in [0, 0.05) is 32.4 Å². The molecule has 1 N–H and O–H groups in total. The molecule has 1 saturated heterocycles. The number of benzene rings is 1. The first-order valence-corrected chi connectivity index (χ1v) is 9.47. The second kappa shape index (κ2) is 9.37. The number of nitrogens with zero attached hydrogens (tertiary/aromatic N) is 3. The average molecular weight is 368 g/mol. The molecule has 0 unspecified atom stereocenters. The normalized spacial score (nSPS) is 14.8. The van der Waals surface area contributed by atoms with E-state index in [1.54, 1.807) is 0 Å². The quantitative estimate of drug-likeness (QED) is 0.758. The molecule has 0 saturated carbocycles. The number of hydrogen-bond acceptors (Lipinski definition) is 5. The Morgan fingerprint density at radius 1 is 1.15 bits per heavy atom. The summed E-state index contributed by atoms with van der Waals surface area (Å²) in [5, 5.41) is 2.94. The lowest BCUT2D eigenvalue weighted by atomic mass is 10.1. The number of pyridine rings is 1. The van der Waals surface area contributed by atoms with E-state index in [1.807, 2.05) is 43.5 Å². The average Bonchev–Trinajstić information content (AvgIpc) is 2.68. The highest BCUT2D eigenvalue weighted by atomic mass is 16.5. The van der Waals surface area contributed by atoms with Crippen molar-refractivity contribution < 1.29 is 9.53 Å². The van der Waals surface area contributed by atoms with Gasteiger partial charge in [-0.3, -0.25) is 9.69 Å². The summed E-state index contributed by atoms with van der Waals surface area (Å²) in [4.78, 5) is 21.0. The molecule has 27 heavy (non-hydrogen) atoms. The van der Waals surface area contributed by atoms with E-state index < -0.39 is 0 Å². The first kappa shape index (κ1) is 19.2. The molecule has 0 atom stereocenters. The van der Waals surface area contributed by atoms with Crippen LogP contribution in [0.4, 0.5) is 5.82 Å². The fraction of sp³-hybridized carbons (Fsp3) is 0.429. The summed E-state index contributed by atoms with van der Waals surface area (Å²) in [6, 6.07) is 12.1. The van der Waals surface area contributed by atoms with Gasteiger partial charge in [-0.05, 0) is 37.6 Å².